The van der Waals surface area contributed by atoms with Crippen molar-refractivity contribution < 1.29 is 0 Å². The lowest BCUT2D eigenvalue weighted by Crippen LogP contribution is -2.37. The van der Waals surface area contributed by atoms with Crippen LogP contribution in [0.2, 0.25) is 0 Å². The zero-order valence-corrected chi connectivity index (χ0v) is 6.45. The van der Waals surface area contributed by atoms with Crippen LogP contribution in [0.4, 0.5) is 0 Å². The van der Waals surface area contributed by atoms with Gasteiger partial charge < -0.3 is 0 Å². The average molecular weight is 224 g/mol. The van der Waals surface area contributed by atoms with Crippen LogP contribution in [0.3, 0.4) is 0 Å². The van der Waals surface area contributed by atoms with Crippen LogP contribution in [0, 0.1) is 0 Å². The quantitative estimate of drug-likeness (QED) is 0.346. The van der Waals surface area contributed by atoms with Crippen molar-refractivity contribution >= 4 is 22.9 Å². The Kier molecular flexibility index (Phi) is 0.469. The molecule has 0 aromatic heterocycles. The molecule has 44 valence electrons. The average Bonchev–Trinajstić information content (AvgIpc) is 2.48. The molecule has 1 N–H and O–H groups in total. The number of hydrazine groups is 3. The highest BCUT2D eigenvalue weighted by Crippen LogP contribution is 2.61. The molecule has 0 radical (unpaired) electrons. The third-order valence-electron chi connectivity index (χ3n) is 2.06. The summed E-state index contributed by atoms with van der Waals surface area (Å²) < 4.78 is 2.20. The second-order valence-electron chi connectivity index (χ2n) is 2.52. The molecule has 8 heavy (non-hydrogen) atoms. The zero-order valence-electron chi connectivity index (χ0n) is 4.30. The van der Waals surface area contributed by atoms with Gasteiger partial charge in [-0.25, -0.2) is 5.43 Å². The number of hydrogen-bond acceptors (Lipinski definition) is 4. The van der Waals surface area contributed by atoms with E-state index in [1.807, 2.05) is 0 Å². The monoisotopic (exact) mass is 224 g/mol. The third-order valence-corrected chi connectivity index (χ3v) is 3.44. The molecule has 0 amide bonds. The van der Waals surface area contributed by atoms with Crippen LogP contribution in [0.15, 0.2) is 0 Å². The van der Waals surface area contributed by atoms with Crippen LogP contribution < -0.4 is 5.43 Å². The summed E-state index contributed by atoms with van der Waals surface area (Å²) in [6.07, 6.45) is 0.624. The molecule has 0 aromatic rings. The second-order valence-corrected chi connectivity index (χ2v) is 3.43. The maximum Gasteiger partial charge on any atom is 0.159 e. The van der Waals surface area contributed by atoms with Crippen LogP contribution in [0.1, 0.15) is 6.92 Å². The summed E-state index contributed by atoms with van der Waals surface area (Å²) in [7, 11) is 0. The van der Waals surface area contributed by atoms with Gasteiger partial charge in [0.05, 0.1) is 0 Å². The molecule has 0 aromatic carbocycles. The predicted molar refractivity (Wildman–Crippen MR) is 34.9 cm³/mol. The predicted octanol–water partition coefficient (Wildman–Crippen LogP) is -0.340. The van der Waals surface area contributed by atoms with Crippen molar-refractivity contribution in [1.29, 1.82) is 0 Å². The first-order chi connectivity index (χ1) is 3.76. The summed E-state index contributed by atoms with van der Waals surface area (Å²) >= 11 is 2.31. The molecule has 5 atom stereocenters. The topological polar surface area (TPSA) is 31.0 Å². The Balaban J connectivity index is 2.04. The summed E-state index contributed by atoms with van der Waals surface area (Å²) in [5, 5.41) is 4.31. The maximum atomic E-state index is 3.19. The highest BCUT2D eigenvalue weighted by molar-refractivity contribution is 14.1. The largest absolute Gasteiger partial charge is 0.215 e. The zero-order chi connectivity index (χ0) is 5.52. The molecular weight excluding hydrogens is 219 g/mol. The molecular formula is C3H5IN4. The lowest BCUT2D eigenvalue weighted by atomic mass is 10.2. The maximum absolute atomic E-state index is 3.19. The first-order valence-electron chi connectivity index (χ1n) is 2.58. The molecule has 3 fully saturated rings. The number of halogens is 1. The van der Waals surface area contributed by atoms with Crippen molar-refractivity contribution in [2.24, 2.45) is 0 Å². The van der Waals surface area contributed by atoms with Crippen molar-refractivity contribution in [1.82, 2.24) is 18.9 Å². The summed E-state index contributed by atoms with van der Waals surface area (Å²) in [4.78, 5) is 0. The van der Waals surface area contributed by atoms with Gasteiger partial charge in [0.1, 0.15) is 6.17 Å². The molecule has 3 saturated heterocycles. The van der Waals surface area contributed by atoms with Crippen LogP contribution in [-0.4, -0.2) is 25.3 Å². The molecule has 3 rings (SSSR count). The first-order valence-corrected chi connectivity index (χ1v) is 3.54. The number of rotatable bonds is 0. The normalized spacial score (nSPS) is 81.8. The fraction of sp³-hybridized carbons (Fsp3) is 1.00. The lowest BCUT2D eigenvalue weighted by Gasteiger charge is -2.12. The van der Waals surface area contributed by atoms with E-state index >= 15 is 0 Å². The number of nitrogens with one attached hydrogen (secondary N) is 1. The molecule has 0 bridgehead atoms. The summed E-state index contributed by atoms with van der Waals surface area (Å²) in [6, 6.07) is 0. The van der Waals surface area contributed by atoms with Crippen LogP contribution in [0.25, 0.3) is 0 Å². The van der Waals surface area contributed by atoms with E-state index in [9.17, 15) is 0 Å². The Morgan fingerprint density at radius 2 is 2.50 bits per heavy atom. The smallest absolute Gasteiger partial charge is 0.159 e. The van der Waals surface area contributed by atoms with Gasteiger partial charge in [-0.05, 0) is 6.92 Å². The number of fused-ring (bicyclic) bond motifs is 4. The fourth-order valence-electron chi connectivity index (χ4n) is 1.33. The number of nitrogens with zero attached hydrogens (tertiary/aromatic N) is 3. The minimum atomic E-state index is 0.348. The third kappa shape index (κ3) is 0.218. The minimum absolute atomic E-state index is 0.348. The van der Waals surface area contributed by atoms with Crippen LogP contribution >= 0.6 is 22.9 Å². The minimum Gasteiger partial charge on any atom is -0.215 e. The Hall–Kier alpha value is 0.570. The molecule has 0 saturated carbocycles. The molecule has 3 aliphatic heterocycles. The van der Waals surface area contributed by atoms with Gasteiger partial charge in [-0.2, -0.15) is 0 Å². The van der Waals surface area contributed by atoms with Crippen molar-refractivity contribution in [2.45, 2.75) is 18.8 Å². The summed E-state index contributed by atoms with van der Waals surface area (Å²) in [6.45, 7) is 2.22. The van der Waals surface area contributed by atoms with Gasteiger partial charge in [-0.3, -0.25) is 0 Å². The van der Waals surface area contributed by atoms with E-state index < -0.39 is 0 Å². The summed E-state index contributed by atoms with van der Waals surface area (Å²) in [5.74, 6) is 0. The van der Waals surface area contributed by atoms with E-state index in [4.69, 9.17) is 0 Å². The van der Waals surface area contributed by atoms with Gasteiger partial charge in [0.15, 0.2) is 5.66 Å². The standard InChI is InChI=1S/C3H5IN4/c1-3-2-5-6(2)8(3)7(3)4/h2,5H,1H3/t2?,3-,6?,7?,8?/m0/s1. The lowest BCUT2D eigenvalue weighted by molar-refractivity contribution is 0.0687. The molecule has 0 aliphatic carbocycles. The van der Waals surface area contributed by atoms with E-state index in [-0.39, 0.29) is 0 Å². The van der Waals surface area contributed by atoms with Crippen molar-refractivity contribution in [3.8, 4) is 0 Å². The second kappa shape index (κ2) is 0.853. The van der Waals surface area contributed by atoms with Gasteiger partial charge in [0.25, 0.3) is 0 Å². The number of hydrogen-bond donors (Lipinski definition) is 1. The highest BCUT2D eigenvalue weighted by Gasteiger charge is 2.84. The van der Waals surface area contributed by atoms with Gasteiger partial charge in [0, 0.05) is 22.9 Å². The van der Waals surface area contributed by atoms with Gasteiger partial charge >= 0.3 is 0 Å². The van der Waals surface area contributed by atoms with Gasteiger partial charge in [-0.15, -0.1) is 13.5 Å². The van der Waals surface area contributed by atoms with Gasteiger partial charge in [-0.1, -0.05) is 0 Å². The Morgan fingerprint density at radius 3 is 2.75 bits per heavy atom. The molecule has 4 unspecified atom stereocenters. The SMILES string of the molecule is C[C@@]12C3NN3N1N2I. The first kappa shape index (κ1) is 4.40. The van der Waals surface area contributed by atoms with Gasteiger partial charge in [0.2, 0.25) is 0 Å². The van der Waals surface area contributed by atoms with E-state index in [0.29, 0.717) is 11.8 Å². The Bertz CT molecular complexity index is 169. The Labute approximate surface area is 60.8 Å². The van der Waals surface area contributed by atoms with Crippen molar-refractivity contribution in [3.05, 3.63) is 0 Å². The molecule has 4 nitrogen and oxygen atoms in total. The van der Waals surface area contributed by atoms with E-state index in [1.54, 1.807) is 0 Å². The van der Waals surface area contributed by atoms with Crippen LogP contribution in [0.5, 0.6) is 0 Å². The van der Waals surface area contributed by atoms with E-state index in [1.165, 1.54) is 0 Å². The molecule has 0 spiro atoms. The highest BCUT2D eigenvalue weighted by atomic mass is 127. The van der Waals surface area contributed by atoms with Crippen LogP contribution in [-0.2, 0) is 0 Å². The Morgan fingerprint density at radius 1 is 1.75 bits per heavy atom. The molecule has 3 heterocycles. The van der Waals surface area contributed by atoms with Crippen molar-refractivity contribution in [3.63, 3.8) is 0 Å². The van der Waals surface area contributed by atoms with E-state index in [2.05, 4.69) is 48.7 Å². The fourth-order valence-corrected chi connectivity index (χ4v) is 2.33. The molecule has 5 heteroatoms. The van der Waals surface area contributed by atoms with E-state index in [0.717, 1.165) is 0 Å². The van der Waals surface area contributed by atoms with Crippen molar-refractivity contribution in [2.75, 3.05) is 0 Å². The molecule has 3 aliphatic rings. The summed E-state index contributed by atoms with van der Waals surface area (Å²) in [5.41, 5.74) is 3.54.